The average Bonchev–Trinajstić information content (AvgIpc) is 2.97. The summed E-state index contributed by atoms with van der Waals surface area (Å²) < 4.78 is 0.680. The number of unbranched alkanes of at least 4 members (excludes halogenated alkanes) is 1. The zero-order valence-corrected chi connectivity index (χ0v) is 14.5. The second-order valence-electron chi connectivity index (χ2n) is 5.45. The lowest BCUT2D eigenvalue weighted by atomic mass is 9.95. The Morgan fingerprint density at radius 1 is 1.45 bits per heavy atom. The Bertz CT molecular complexity index is 531. The van der Waals surface area contributed by atoms with Crippen molar-refractivity contribution in [3.05, 3.63) is 27.3 Å². The highest BCUT2D eigenvalue weighted by molar-refractivity contribution is 8.26. The maximum Gasteiger partial charge on any atom is 0.266 e. The molecule has 2 rings (SSSR count). The number of hydrogen-bond donors (Lipinski definition) is 0. The lowest BCUT2D eigenvalue weighted by Gasteiger charge is -2.34. The number of amides is 1. The Kier molecular flexibility index (Phi) is 5.04. The summed E-state index contributed by atoms with van der Waals surface area (Å²) in [6.07, 6.45) is 5.15. The Balaban J connectivity index is 2.21. The molecule has 2 nitrogen and oxygen atoms in total. The summed E-state index contributed by atoms with van der Waals surface area (Å²) in [5.74, 6) is 0.0505. The van der Waals surface area contributed by atoms with E-state index in [-0.39, 0.29) is 11.4 Å². The summed E-state index contributed by atoms with van der Waals surface area (Å²) in [6.45, 7) is 6.36. The lowest BCUT2D eigenvalue weighted by Crippen LogP contribution is -2.46. The molecule has 0 unspecified atom stereocenters. The van der Waals surface area contributed by atoms with Gasteiger partial charge >= 0.3 is 0 Å². The molecule has 1 aliphatic rings. The minimum absolute atomic E-state index is 0.0505. The third-order valence-electron chi connectivity index (χ3n) is 3.36. The quantitative estimate of drug-likeness (QED) is 0.566. The Morgan fingerprint density at radius 3 is 2.80 bits per heavy atom. The Hall–Kier alpha value is -0.650. The monoisotopic (exact) mass is 325 g/mol. The van der Waals surface area contributed by atoms with Crippen LogP contribution in [0.5, 0.6) is 0 Å². The van der Waals surface area contributed by atoms with Crippen molar-refractivity contribution in [2.45, 2.75) is 45.6 Å². The largest absolute Gasteiger partial charge is 0.287 e. The smallest absolute Gasteiger partial charge is 0.266 e. The fraction of sp³-hybridized carbons (Fsp3) is 0.467. The van der Waals surface area contributed by atoms with Gasteiger partial charge in [-0.15, -0.1) is 11.3 Å². The maximum absolute atomic E-state index is 12.6. The van der Waals surface area contributed by atoms with Crippen molar-refractivity contribution in [1.82, 2.24) is 4.90 Å². The van der Waals surface area contributed by atoms with E-state index in [1.807, 2.05) is 23.6 Å². The summed E-state index contributed by atoms with van der Waals surface area (Å²) in [5.41, 5.74) is -0.206. The van der Waals surface area contributed by atoms with Crippen LogP contribution in [0.1, 0.15) is 44.9 Å². The maximum atomic E-state index is 12.6. The van der Waals surface area contributed by atoms with Crippen molar-refractivity contribution >= 4 is 51.6 Å². The zero-order chi connectivity index (χ0) is 14.8. The van der Waals surface area contributed by atoms with Crippen molar-refractivity contribution in [3.63, 3.8) is 0 Å². The van der Waals surface area contributed by atoms with Crippen molar-refractivity contribution < 1.29 is 4.79 Å². The lowest BCUT2D eigenvalue weighted by molar-refractivity contribution is -0.125. The molecule has 1 saturated heterocycles. The highest BCUT2D eigenvalue weighted by Gasteiger charge is 2.41. The van der Waals surface area contributed by atoms with Gasteiger partial charge in [0.2, 0.25) is 0 Å². The standard InChI is InChI=1S/C15H19NOS3/c1-4-5-8-15(2,3)16-13(17)12(20-14(16)18)10-11-7-6-9-19-11/h6-7,9-10H,4-5,8H2,1-3H3/b12-10-. The predicted molar refractivity (Wildman–Crippen MR) is 92.9 cm³/mol. The molecule has 1 aliphatic heterocycles. The number of thiocarbonyl (C=S) groups is 1. The van der Waals surface area contributed by atoms with E-state index in [9.17, 15) is 4.79 Å². The van der Waals surface area contributed by atoms with Crippen LogP contribution in [-0.4, -0.2) is 20.7 Å². The van der Waals surface area contributed by atoms with E-state index in [1.165, 1.54) is 11.8 Å². The molecule has 0 radical (unpaired) electrons. The van der Waals surface area contributed by atoms with Gasteiger partial charge in [-0.2, -0.15) is 0 Å². The first-order valence-electron chi connectivity index (χ1n) is 6.77. The van der Waals surface area contributed by atoms with E-state index in [2.05, 4.69) is 20.8 Å². The molecule has 0 spiro atoms. The van der Waals surface area contributed by atoms with E-state index >= 15 is 0 Å². The zero-order valence-electron chi connectivity index (χ0n) is 12.0. The minimum Gasteiger partial charge on any atom is -0.287 e. The van der Waals surface area contributed by atoms with Crippen LogP contribution < -0.4 is 0 Å². The molecule has 0 aromatic carbocycles. The SMILES string of the molecule is CCCCC(C)(C)N1C(=O)/C(=C/c2cccs2)SC1=S. The summed E-state index contributed by atoms with van der Waals surface area (Å²) in [7, 11) is 0. The molecule has 1 aromatic rings. The molecule has 1 fully saturated rings. The van der Waals surface area contributed by atoms with Gasteiger partial charge < -0.3 is 0 Å². The highest BCUT2D eigenvalue weighted by atomic mass is 32.2. The van der Waals surface area contributed by atoms with Gasteiger partial charge in [0.15, 0.2) is 0 Å². The second kappa shape index (κ2) is 6.41. The van der Waals surface area contributed by atoms with Crippen LogP contribution >= 0.6 is 35.3 Å². The topological polar surface area (TPSA) is 20.3 Å². The Labute approximate surface area is 134 Å². The number of thiophene rings is 1. The predicted octanol–water partition coefficient (Wildman–Crippen LogP) is 4.92. The number of rotatable bonds is 5. The van der Waals surface area contributed by atoms with Crippen LogP contribution in [0, 0.1) is 0 Å². The van der Waals surface area contributed by atoms with Gasteiger partial charge in [-0.1, -0.05) is 49.8 Å². The number of carbonyl (C=O) groups is 1. The van der Waals surface area contributed by atoms with Crippen LogP contribution in [0.3, 0.4) is 0 Å². The van der Waals surface area contributed by atoms with E-state index in [0.29, 0.717) is 4.32 Å². The number of carbonyl (C=O) groups excluding carboxylic acids is 1. The average molecular weight is 326 g/mol. The second-order valence-corrected chi connectivity index (χ2v) is 8.10. The molecular formula is C15H19NOS3. The van der Waals surface area contributed by atoms with Gasteiger partial charge in [-0.25, -0.2) is 0 Å². The van der Waals surface area contributed by atoms with E-state index in [1.54, 1.807) is 16.2 Å². The van der Waals surface area contributed by atoms with Gasteiger partial charge in [0.1, 0.15) is 4.32 Å². The van der Waals surface area contributed by atoms with Gasteiger partial charge in [-0.3, -0.25) is 9.69 Å². The molecule has 2 heterocycles. The van der Waals surface area contributed by atoms with E-state index in [0.717, 1.165) is 29.0 Å². The van der Waals surface area contributed by atoms with Gasteiger partial charge in [0.05, 0.1) is 4.91 Å². The molecule has 0 bridgehead atoms. The summed E-state index contributed by atoms with van der Waals surface area (Å²) in [6, 6.07) is 4.00. The van der Waals surface area contributed by atoms with Gasteiger partial charge in [-0.05, 0) is 37.8 Å². The van der Waals surface area contributed by atoms with Gasteiger partial charge in [0.25, 0.3) is 5.91 Å². The molecule has 1 aromatic heterocycles. The van der Waals surface area contributed by atoms with Gasteiger partial charge in [0, 0.05) is 10.4 Å². The normalized spacial score (nSPS) is 18.4. The molecule has 0 aliphatic carbocycles. The number of hydrogen-bond acceptors (Lipinski definition) is 4. The van der Waals surface area contributed by atoms with Crippen molar-refractivity contribution in [2.24, 2.45) is 0 Å². The van der Waals surface area contributed by atoms with E-state index < -0.39 is 0 Å². The van der Waals surface area contributed by atoms with Crippen LogP contribution in [0.2, 0.25) is 0 Å². The molecule has 108 valence electrons. The summed E-state index contributed by atoms with van der Waals surface area (Å²) in [4.78, 5) is 16.2. The molecule has 20 heavy (non-hydrogen) atoms. The first-order chi connectivity index (χ1) is 9.45. The molecular weight excluding hydrogens is 306 g/mol. The molecule has 0 N–H and O–H groups in total. The van der Waals surface area contributed by atoms with Crippen molar-refractivity contribution in [3.8, 4) is 0 Å². The van der Waals surface area contributed by atoms with Crippen molar-refractivity contribution in [1.29, 1.82) is 0 Å². The molecule has 5 heteroatoms. The Morgan fingerprint density at radius 2 is 2.20 bits per heavy atom. The first-order valence-corrected chi connectivity index (χ1v) is 8.87. The van der Waals surface area contributed by atoms with Crippen LogP contribution in [0.25, 0.3) is 6.08 Å². The summed E-state index contributed by atoms with van der Waals surface area (Å²) in [5, 5.41) is 2.01. The first kappa shape index (κ1) is 15.7. The van der Waals surface area contributed by atoms with E-state index in [4.69, 9.17) is 12.2 Å². The minimum atomic E-state index is -0.206. The van der Waals surface area contributed by atoms with Crippen LogP contribution in [-0.2, 0) is 4.79 Å². The molecule has 1 amide bonds. The van der Waals surface area contributed by atoms with Crippen molar-refractivity contribution in [2.75, 3.05) is 0 Å². The molecule has 0 atom stereocenters. The fourth-order valence-corrected chi connectivity index (χ4v) is 4.52. The van der Waals surface area contributed by atoms with Crippen LogP contribution in [0.15, 0.2) is 22.4 Å². The fourth-order valence-electron chi connectivity index (χ4n) is 2.21. The number of nitrogens with zero attached hydrogens (tertiary/aromatic N) is 1. The van der Waals surface area contributed by atoms with Crippen LogP contribution in [0.4, 0.5) is 0 Å². The number of thioether (sulfide) groups is 1. The summed E-state index contributed by atoms with van der Waals surface area (Å²) >= 11 is 8.47. The molecule has 0 saturated carbocycles. The third kappa shape index (κ3) is 3.32. The third-order valence-corrected chi connectivity index (χ3v) is 5.48. The highest BCUT2D eigenvalue weighted by Crippen LogP contribution is 2.39.